The molecule has 0 aliphatic heterocycles. The van der Waals surface area contributed by atoms with Crippen LogP contribution in [0.2, 0.25) is 5.02 Å². The number of hydrogen-bond acceptors (Lipinski definition) is 3. The highest BCUT2D eigenvalue weighted by atomic mass is 35.5. The number of rotatable bonds is 3. The first-order valence-electron chi connectivity index (χ1n) is 6.02. The second-order valence-electron chi connectivity index (χ2n) is 4.54. The molecule has 0 bridgehead atoms. The zero-order chi connectivity index (χ0) is 14.0. The van der Waals surface area contributed by atoms with Crippen molar-refractivity contribution < 1.29 is 4.79 Å². The van der Waals surface area contributed by atoms with Crippen LogP contribution in [-0.4, -0.2) is 16.9 Å². The lowest BCUT2D eigenvalue weighted by Crippen LogP contribution is -2.29. The monoisotopic (exact) mass is 294 g/mol. The second-order valence-corrected chi connectivity index (χ2v) is 5.95. The molecule has 0 aliphatic carbocycles. The number of benzene rings is 1. The summed E-state index contributed by atoms with van der Waals surface area (Å²) in [6.45, 7) is 5.71. The van der Waals surface area contributed by atoms with Gasteiger partial charge in [-0.3, -0.25) is 4.79 Å². The number of thiazole rings is 1. The van der Waals surface area contributed by atoms with E-state index in [0.717, 1.165) is 16.3 Å². The molecule has 0 radical (unpaired) electrons. The van der Waals surface area contributed by atoms with E-state index in [1.54, 1.807) is 0 Å². The van der Waals surface area contributed by atoms with Gasteiger partial charge in [0.25, 0.3) is 5.91 Å². The predicted molar refractivity (Wildman–Crippen MR) is 79.9 cm³/mol. The van der Waals surface area contributed by atoms with Crippen LogP contribution in [0.15, 0.2) is 24.3 Å². The lowest BCUT2D eigenvalue weighted by molar-refractivity contribution is 0.0946. The fourth-order valence-electron chi connectivity index (χ4n) is 1.68. The van der Waals surface area contributed by atoms with E-state index in [-0.39, 0.29) is 11.9 Å². The van der Waals surface area contributed by atoms with Crippen LogP contribution >= 0.6 is 22.9 Å². The van der Waals surface area contributed by atoms with Gasteiger partial charge in [0, 0.05) is 11.6 Å². The van der Waals surface area contributed by atoms with E-state index in [0.29, 0.717) is 9.90 Å². The predicted octanol–water partition coefficient (Wildman–Crippen LogP) is 3.91. The Morgan fingerprint density at radius 3 is 2.68 bits per heavy atom. The third-order valence-electron chi connectivity index (χ3n) is 2.53. The molecule has 1 aromatic heterocycles. The molecule has 0 aliphatic rings. The Balaban J connectivity index is 2.37. The largest absolute Gasteiger partial charge is 0.349 e. The van der Waals surface area contributed by atoms with Gasteiger partial charge in [0.05, 0.1) is 10.7 Å². The van der Waals surface area contributed by atoms with Crippen LogP contribution in [0, 0.1) is 6.92 Å². The number of carbonyl (C=O) groups is 1. The fraction of sp³-hybridized carbons (Fsp3) is 0.286. The van der Waals surface area contributed by atoms with Gasteiger partial charge >= 0.3 is 0 Å². The van der Waals surface area contributed by atoms with E-state index in [4.69, 9.17) is 11.6 Å². The third-order valence-corrected chi connectivity index (χ3v) is 4.05. The molecule has 0 saturated carbocycles. The van der Waals surface area contributed by atoms with Gasteiger partial charge in [-0.15, -0.1) is 11.3 Å². The van der Waals surface area contributed by atoms with Gasteiger partial charge in [0.1, 0.15) is 9.88 Å². The van der Waals surface area contributed by atoms with Crippen LogP contribution in [0.1, 0.15) is 29.2 Å². The average Bonchev–Trinajstić information content (AvgIpc) is 2.71. The summed E-state index contributed by atoms with van der Waals surface area (Å²) < 4.78 is 0. The molecule has 2 rings (SSSR count). The van der Waals surface area contributed by atoms with Crippen molar-refractivity contribution in [3.63, 3.8) is 0 Å². The smallest absolute Gasteiger partial charge is 0.263 e. The minimum absolute atomic E-state index is 0.0803. The summed E-state index contributed by atoms with van der Waals surface area (Å²) in [6.07, 6.45) is 0. The first-order valence-corrected chi connectivity index (χ1v) is 7.21. The van der Waals surface area contributed by atoms with Crippen LogP contribution in [0.4, 0.5) is 0 Å². The number of carbonyl (C=O) groups excluding carboxylic acids is 1. The van der Waals surface area contributed by atoms with Crippen molar-refractivity contribution in [2.75, 3.05) is 0 Å². The van der Waals surface area contributed by atoms with E-state index in [1.165, 1.54) is 11.3 Å². The quantitative estimate of drug-likeness (QED) is 0.932. The molecule has 5 heteroatoms. The standard InChI is InChI=1S/C14H15ClN2OS/c1-8(2)16-13(18)12-9(3)17-14(19-12)10-6-4-5-7-11(10)15/h4-8H,1-3H3,(H,16,18). The number of nitrogens with zero attached hydrogens (tertiary/aromatic N) is 1. The summed E-state index contributed by atoms with van der Waals surface area (Å²) in [5.41, 5.74) is 1.60. The molecule has 0 fully saturated rings. The van der Waals surface area contributed by atoms with Crippen molar-refractivity contribution in [2.45, 2.75) is 26.8 Å². The molecular formula is C14H15ClN2OS. The van der Waals surface area contributed by atoms with Crippen molar-refractivity contribution in [3.05, 3.63) is 39.9 Å². The molecule has 1 amide bonds. The summed E-state index contributed by atoms with van der Waals surface area (Å²) in [5.74, 6) is -0.0803. The SMILES string of the molecule is Cc1nc(-c2ccccc2Cl)sc1C(=O)NC(C)C. The van der Waals surface area contributed by atoms with Gasteiger partial charge in [0.2, 0.25) is 0 Å². The molecule has 2 aromatic rings. The van der Waals surface area contributed by atoms with E-state index >= 15 is 0 Å². The number of hydrogen-bond donors (Lipinski definition) is 1. The number of nitrogens with one attached hydrogen (secondary N) is 1. The molecule has 1 N–H and O–H groups in total. The second kappa shape index (κ2) is 5.72. The van der Waals surface area contributed by atoms with Gasteiger partial charge < -0.3 is 5.32 Å². The Bertz CT molecular complexity index is 607. The molecule has 19 heavy (non-hydrogen) atoms. The number of aryl methyl sites for hydroxylation is 1. The van der Waals surface area contributed by atoms with Gasteiger partial charge in [0.15, 0.2) is 0 Å². The van der Waals surface area contributed by atoms with E-state index < -0.39 is 0 Å². The van der Waals surface area contributed by atoms with Crippen LogP contribution in [-0.2, 0) is 0 Å². The summed E-state index contributed by atoms with van der Waals surface area (Å²) >= 11 is 7.52. The van der Waals surface area contributed by atoms with E-state index in [1.807, 2.05) is 45.0 Å². The number of amides is 1. The Morgan fingerprint density at radius 1 is 1.37 bits per heavy atom. The zero-order valence-corrected chi connectivity index (χ0v) is 12.6. The van der Waals surface area contributed by atoms with Crippen molar-refractivity contribution in [2.24, 2.45) is 0 Å². The topological polar surface area (TPSA) is 42.0 Å². The maximum absolute atomic E-state index is 12.0. The summed E-state index contributed by atoms with van der Waals surface area (Å²) in [4.78, 5) is 17.1. The van der Waals surface area contributed by atoms with Crippen LogP contribution in [0.3, 0.4) is 0 Å². The molecule has 1 aromatic carbocycles. The molecule has 0 saturated heterocycles. The summed E-state index contributed by atoms with van der Waals surface area (Å²) in [6, 6.07) is 7.62. The minimum Gasteiger partial charge on any atom is -0.349 e. The lowest BCUT2D eigenvalue weighted by Gasteiger charge is -2.06. The molecule has 1 heterocycles. The van der Waals surface area contributed by atoms with Crippen molar-refractivity contribution >= 4 is 28.8 Å². The van der Waals surface area contributed by atoms with Crippen LogP contribution in [0.25, 0.3) is 10.6 Å². The molecular weight excluding hydrogens is 280 g/mol. The Labute approximate surface area is 121 Å². The van der Waals surface area contributed by atoms with E-state index in [9.17, 15) is 4.79 Å². The Morgan fingerprint density at radius 2 is 2.05 bits per heavy atom. The highest BCUT2D eigenvalue weighted by molar-refractivity contribution is 7.17. The first-order chi connectivity index (χ1) is 8.99. The number of halogens is 1. The molecule has 0 spiro atoms. The molecule has 0 atom stereocenters. The highest BCUT2D eigenvalue weighted by Gasteiger charge is 2.17. The number of aromatic nitrogens is 1. The fourth-order valence-corrected chi connectivity index (χ4v) is 2.97. The molecule has 0 unspecified atom stereocenters. The average molecular weight is 295 g/mol. The van der Waals surface area contributed by atoms with Crippen LogP contribution < -0.4 is 5.32 Å². The van der Waals surface area contributed by atoms with Crippen LogP contribution in [0.5, 0.6) is 0 Å². The van der Waals surface area contributed by atoms with Gasteiger partial charge in [-0.05, 0) is 26.8 Å². The maximum Gasteiger partial charge on any atom is 0.263 e. The van der Waals surface area contributed by atoms with Gasteiger partial charge in [-0.25, -0.2) is 4.98 Å². The van der Waals surface area contributed by atoms with Crippen molar-refractivity contribution in [3.8, 4) is 10.6 Å². The lowest BCUT2D eigenvalue weighted by atomic mass is 10.2. The Kier molecular flexibility index (Phi) is 4.22. The van der Waals surface area contributed by atoms with Crippen molar-refractivity contribution in [1.82, 2.24) is 10.3 Å². The van der Waals surface area contributed by atoms with Crippen molar-refractivity contribution in [1.29, 1.82) is 0 Å². The molecule has 100 valence electrons. The molecule has 3 nitrogen and oxygen atoms in total. The normalized spacial score (nSPS) is 10.8. The zero-order valence-electron chi connectivity index (χ0n) is 11.0. The Hall–Kier alpha value is -1.39. The maximum atomic E-state index is 12.0. The summed E-state index contributed by atoms with van der Waals surface area (Å²) in [7, 11) is 0. The minimum atomic E-state index is -0.0803. The first kappa shape index (κ1) is 14.0. The van der Waals surface area contributed by atoms with Gasteiger partial charge in [-0.2, -0.15) is 0 Å². The summed E-state index contributed by atoms with van der Waals surface area (Å²) in [5, 5.41) is 4.30. The highest BCUT2D eigenvalue weighted by Crippen LogP contribution is 2.32. The van der Waals surface area contributed by atoms with Gasteiger partial charge in [-0.1, -0.05) is 29.8 Å². The third kappa shape index (κ3) is 3.14. The van der Waals surface area contributed by atoms with E-state index in [2.05, 4.69) is 10.3 Å².